The van der Waals surface area contributed by atoms with Gasteiger partial charge in [-0.1, -0.05) is 22.9 Å². The number of carbonyl (C=O) groups excluding carboxylic acids is 1. The standard InChI is InChI=1S/C30H25ClN2O8S/c1-5-40-29(37)25-15(2)32-30-33(26(25)19-9-7-17(38-3)13-23(19)39-4)27(34)24(42-30)14-18-8-11-22(41-18)20-12-16(28(35)36)6-10-21(20)31/h6-14,26H,5H2,1-4H3,(H,35,36)/b24-14-/t26-/m0/s1. The van der Waals surface area contributed by atoms with E-state index in [0.29, 0.717) is 54.2 Å². The number of hydrogen-bond acceptors (Lipinski definition) is 9. The lowest BCUT2D eigenvalue weighted by Crippen LogP contribution is -2.40. The molecular weight excluding hydrogens is 584 g/mol. The van der Waals surface area contributed by atoms with Gasteiger partial charge in [0, 0.05) is 23.3 Å². The summed E-state index contributed by atoms with van der Waals surface area (Å²) < 4.78 is 24.0. The second-order valence-corrected chi connectivity index (χ2v) is 10.5. The molecule has 42 heavy (non-hydrogen) atoms. The summed E-state index contributed by atoms with van der Waals surface area (Å²) in [5, 5.41) is 9.67. The number of furan rings is 1. The molecular formula is C30H25ClN2O8S. The van der Waals surface area contributed by atoms with Crippen LogP contribution >= 0.6 is 22.9 Å². The van der Waals surface area contributed by atoms with Gasteiger partial charge in [0.25, 0.3) is 5.56 Å². The minimum atomic E-state index is -1.10. The number of ether oxygens (including phenoxy) is 3. The Balaban J connectivity index is 1.66. The van der Waals surface area contributed by atoms with Crippen molar-refractivity contribution in [3.63, 3.8) is 0 Å². The number of aromatic carboxylic acids is 1. The summed E-state index contributed by atoms with van der Waals surface area (Å²) in [4.78, 5) is 43.5. The Hall–Kier alpha value is -4.61. The van der Waals surface area contributed by atoms with Crippen LogP contribution < -0.4 is 24.4 Å². The Morgan fingerprint density at radius 2 is 1.93 bits per heavy atom. The van der Waals surface area contributed by atoms with E-state index in [9.17, 15) is 19.5 Å². The number of hydrogen-bond donors (Lipinski definition) is 1. The highest BCUT2D eigenvalue weighted by Gasteiger charge is 2.35. The predicted octanol–water partition coefficient (Wildman–Crippen LogP) is 4.43. The smallest absolute Gasteiger partial charge is 0.338 e. The Labute approximate surface area is 248 Å². The number of halogens is 1. The SMILES string of the molecule is CCOC(=O)C1=C(C)N=c2s/c(=C\c3ccc(-c4cc(C(=O)O)ccc4Cl)o3)c(=O)n2[C@H]1c1ccc(OC)cc1OC. The van der Waals surface area contributed by atoms with Gasteiger partial charge >= 0.3 is 11.9 Å². The van der Waals surface area contributed by atoms with E-state index < -0.39 is 23.5 Å². The molecule has 2 aromatic heterocycles. The highest BCUT2D eigenvalue weighted by Crippen LogP contribution is 2.37. The number of methoxy groups -OCH3 is 2. The maximum absolute atomic E-state index is 13.9. The zero-order chi connectivity index (χ0) is 30.1. The van der Waals surface area contributed by atoms with Gasteiger partial charge in [0.2, 0.25) is 0 Å². The maximum Gasteiger partial charge on any atom is 0.338 e. The van der Waals surface area contributed by atoms with Crippen molar-refractivity contribution in [1.29, 1.82) is 0 Å². The Kier molecular flexibility index (Phi) is 8.06. The summed E-state index contributed by atoms with van der Waals surface area (Å²) in [5.74, 6) is -0.0469. The molecule has 1 atom stereocenters. The van der Waals surface area contributed by atoms with Gasteiger partial charge in [0.1, 0.15) is 29.1 Å². The third kappa shape index (κ3) is 5.24. The van der Waals surface area contributed by atoms with Gasteiger partial charge in [0.15, 0.2) is 4.80 Å². The first-order valence-corrected chi connectivity index (χ1v) is 13.9. The molecule has 0 bridgehead atoms. The first-order valence-electron chi connectivity index (χ1n) is 12.7. The second-order valence-electron chi connectivity index (χ2n) is 9.11. The van der Waals surface area contributed by atoms with Crippen LogP contribution in [0, 0.1) is 0 Å². The van der Waals surface area contributed by atoms with Crippen LogP contribution in [0.15, 0.2) is 74.0 Å². The van der Waals surface area contributed by atoms with Crippen LogP contribution in [0.2, 0.25) is 5.02 Å². The number of esters is 1. The van der Waals surface area contributed by atoms with Crippen molar-refractivity contribution in [3.8, 4) is 22.8 Å². The molecule has 0 unspecified atom stereocenters. The molecule has 216 valence electrons. The molecule has 0 fully saturated rings. The molecule has 0 radical (unpaired) electrons. The fraction of sp³-hybridized carbons (Fsp3) is 0.200. The normalized spacial score (nSPS) is 14.8. The van der Waals surface area contributed by atoms with Crippen LogP contribution in [0.25, 0.3) is 17.4 Å². The molecule has 0 saturated carbocycles. The van der Waals surface area contributed by atoms with Crippen molar-refractivity contribution >= 4 is 41.0 Å². The van der Waals surface area contributed by atoms with Gasteiger partial charge in [-0.3, -0.25) is 9.36 Å². The number of fused-ring (bicyclic) bond motifs is 1. The molecule has 1 N–H and O–H groups in total. The molecule has 12 heteroatoms. The van der Waals surface area contributed by atoms with E-state index in [4.69, 9.17) is 30.2 Å². The Bertz CT molecular complexity index is 1930. The molecule has 0 amide bonds. The average Bonchev–Trinajstić information content (AvgIpc) is 3.56. The molecule has 2 aromatic carbocycles. The predicted molar refractivity (Wildman–Crippen MR) is 156 cm³/mol. The highest BCUT2D eigenvalue weighted by atomic mass is 35.5. The summed E-state index contributed by atoms with van der Waals surface area (Å²) in [6, 6.07) is 11.9. The summed E-state index contributed by atoms with van der Waals surface area (Å²) >= 11 is 7.44. The summed E-state index contributed by atoms with van der Waals surface area (Å²) in [6.45, 7) is 3.54. The summed E-state index contributed by atoms with van der Waals surface area (Å²) in [7, 11) is 3.03. The van der Waals surface area contributed by atoms with E-state index in [1.54, 1.807) is 50.3 Å². The van der Waals surface area contributed by atoms with Gasteiger partial charge in [-0.2, -0.15) is 0 Å². The van der Waals surface area contributed by atoms with Crippen LogP contribution in [-0.4, -0.2) is 42.4 Å². The number of carboxylic acids is 1. The lowest BCUT2D eigenvalue weighted by molar-refractivity contribution is -0.139. The second kappa shape index (κ2) is 11.7. The topological polar surface area (TPSA) is 130 Å². The van der Waals surface area contributed by atoms with Crippen LogP contribution in [0.1, 0.15) is 41.6 Å². The van der Waals surface area contributed by atoms with Crippen LogP contribution in [0.4, 0.5) is 0 Å². The van der Waals surface area contributed by atoms with E-state index in [-0.39, 0.29) is 17.7 Å². The van der Waals surface area contributed by atoms with E-state index in [1.165, 1.54) is 37.0 Å². The van der Waals surface area contributed by atoms with E-state index >= 15 is 0 Å². The Morgan fingerprint density at radius 3 is 2.62 bits per heavy atom. The van der Waals surface area contributed by atoms with Crippen molar-refractivity contribution in [2.45, 2.75) is 19.9 Å². The molecule has 0 saturated heterocycles. The minimum absolute atomic E-state index is 0.0578. The van der Waals surface area contributed by atoms with Crippen LogP contribution in [0.5, 0.6) is 11.5 Å². The lowest BCUT2D eigenvalue weighted by atomic mass is 9.95. The van der Waals surface area contributed by atoms with Gasteiger partial charge in [-0.25, -0.2) is 14.6 Å². The molecule has 3 heterocycles. The third-order valence-electron chi connectivity index (χ3n) is 6.63. The molecule has 0 spiro atoms. The molecule has 4 aromatic rings. The first kappa shape index (κ1) is 28.9. The number of carbonyl (C=O) groups is 2. The lowest BCUT2D eigenvalue weighted by Gasteiger charge is -2.26. The summed E-state index contributed by atoms with van der Waals surface area (Å²) in [6.07, 6.45) is 1.56. The van der Waals surface area contributed by atoms with Crippen molar-refractivity contribution in [1.82, 2.24) is 4.57 Å². The Morgan fingerprint density at radius 1 is 1.14 bits per heavy atom. The number of aromatic nitrogens is 1. The van der Waals surface area contributed by atoms with Gasteiger partial charge < -0.3 is 23.7 Å². The van der Waals surface area contributed by atoms with Crippen LogP contribution in [-0.2, 0) is 9.53 Å². The molecule has 1 aliphatic heterocycles. The fourth-order valence-corrected chi connectivity index (χ4v) is 5.92. The van der Waals surface area contributed by atoms with Gasteiger partial charge in [-0.05, 0) is 56.3 Å². The zero-order valence-corrected chi connectivity index (χ0v) is 24.5. The fourth-order valence-electron chi connectivity index (χ4n) is 4.68. The monoisotopic (exact) mass is 608 g/mol. The van der Waals surface area contributed by atoms with E-state index in [2.05, 4.69) is 4.99 Å². The molecule has 0 aliphatic carbocycles. The largest absolute Gasteiger partial charge is 0.497 e. The van der Waals surface area contributed by atoms with Gasteiger partial charge in [0.05, 0.1) is 47.2 Å². The molecule has 10 nitrogen and oxygen atoms in total. The number of benzene rings is 2. The highest BCUT2D eigenvalue weighted by molar-refractivity contribution is 7.07. The maximum atomic E-state index is 13.9. The van der Waals surface area contributed by atoms with Crippen LogP contribution in [0.3, 0.4) is 0 Å². The van der Waals surface area contributed by atoms with E-state index in [0.717, 1.165) is 11.3 Å². The first-order chi connectivity index (χ1) is 20.2. The number of allylic oxidation sites excluding steroid dienone is 1. The van der Waals surface area contributed by atoms with Crippen molar-refractivity contribution < 1.29 is 33.3 Å². The molecule has 1 aliphatic rings. The van der Waals surface area contributed by atoms with Gasteiger partial charge in [-0.15, -0.1) is 0 Å². The molecule has 5 rings (SSSR count). The van der Waals surface area contributed by atoms with Crippen molar-refractivity contribution in [2.24, 2.45) is 4.99 Å². The number of rotatable bonds is 8. The average molecular weight is 609 g/mol. The minimum Gasteiger partial charge on any atom is -0.497 e. The zero-order valence-electron chi connectivity index (χ0n) is 23.0. The van der Waals surface area contributed by atoms with Crippen molar-refractivity contribution in [3.05, 3.63) is 101 Å². The third-order valence-corrected chi connectivity index (χ3v) is 7.94. The number of carboxylic acid groups (broad SMARTS) is 1. The quantitative estimate of drug-likeness (QED) is 0.291. The van der Waals surface area contributed by atoms with E-state index in [1.807, 2.05) is 0 Å². The number of thiazole rings is 1. The number of nitrogens with zero attached hydrogens (tertiary/aromatic N) is 2. The summed E-state index contributed by atoms with van der Waals surface area (Å²) in [5.41, 5.74) is 1.24. The van der Waals surface area contributed by atoms with Crippen molar-refractivity contribution in [2.75, 3.05) is 20.8 Å².